The molecule has 7 heteroatoms. The van der Waals surface area contributed by atoms with Crippen LogP contribution in [0, 0.1) is 5.82 Å². The van der Waals surface area contributed by atoms with Gasteiger partial charge in [-0.1, -0.05) is 33.6 Å². The van der Waals surface area contributed by atoms with E-state index in [-0.39, 0.29) is 23.0 Å². The maximum Gasteiger partial charge on any atom is 0.232 e. The average Bonchev–Trinajstić information content (AvgIpc) is 2.64. The van der Waals surface area contributed by atoms with Gasteiger partial charge in [-0.3, -0.25) is 0 Å². The van der Waals surface area contributed by atoms with Gasteiger partial charge in [0.15, 0.2) is 8.32 Å². The molecule has 1 aliphatic carbocycles. The van der Waals surface area contributed by atoms with Crippen molar-refractivity contribution < 1.29 is 13.6 Å². The van der Waals surface area contributed by atoms with Crippen molar-refractivity contribution >= 4 is 25.0 Å². The molecule has 0 bridgehead atoms. The number of rotatable bonds is 5. The molecule has 1 saturated carbocycles. The summed E-state index contributed by atoms with van der Waals surface area (Å²) in [6.07, 6.45) is 5.81. The van der Waals surface area contributed by atoms with Crippen LogP contribution in [0.2, 0.25) is 18.1 Å². The van der Waals surface area contributed by atoms with Crippen molar-refractivity contribution in [3.05, 3.63) is 24.1 Å². The van der Waals surface area contributed by atoms with Gasteiger partial charge in [0.05, 0.1) is 36.7 Å². The van der Waals surface area contributed by atoms with Gasteiger partial charge in [-0.15, -0.1) is 0 Å². The Morgan fingerprint density at radius 2 is 1.89 bits per heavy atom. The van der Waals surface area contributed by atoms with Crippen LogP contribution in [0.25, 0.3) is 11.0 Å². The minimum atomic E-state index is -1.92. The number of fused-ring (bicyclic) bond motifs is 1. The van der Waals surface area contributed by atoms with E-state index in [1.807, 2.05) is 0 Å². The van der Waals surface area contributed by atoms with Gasteiger partial charge < -0.3 is 14.5 Å². The zero-order valence-corrected chi connectivity index (χ0v) is 18.8. The molecule has 1 N–H and O–H groups in total. The van der Waals surface area contributed by atoms with Crippen molar-refractivity contribution in [2.75, 3.05) is 12.4 Å². The molecule has 0 spiro atoms. The zero-order chi connectivity index (χ0) is 20.5. The summed E-state index contributed by atoms with van der Waals surface area (Å²) in [6.45, 7) is 11.3. The van der Waals surface area contributed by atoms with Crippen molar-refractivity contribution in [1.29, 1.82) is 0 Å². The third kappa shape index (κ3) is 4.30. The van der Waals surface area contributed by atoms with Crippen LogP contribution in [0.15, 0.2) is 18.3 Å². The van der Waals surface area contributed by atoms with Crippen LogP contribution in [0.1, 0.15) is 46.5 Å². The summed E-state index contributed by atoms with van der Waals surface area (Å²) < 4.78 is 26.7. The summed E-state index contributed by atoms with van der Waals surface area (Å²) in [5, 5.41) is 3.57. The van der Waals surface area contributed by atoms with E-state index in [2.05, 4.69) is 49.1 Å². The molecule has 154 valence electrons. The van der Waals surface area contributed by atoms with Crippen LogP contribution in [-0.2, 0) is 4.43 Å². The Morgan fingerprint density at radius 1 is 1.18 bits per heavy atom. The molecule has 2 aromatic rings. The van der Waals surface area contributed by atoms with Gasteiger partial charge in [0, 0.05) is 0 Å². The summed E-state index contributed by atoms with van der Waals surface area (Å²) >= 11 is 0. The summed E-state index contributed by atoms with van der Waals surface area (Å²) in [5.74, 6) is 0.0468. The lowest BCUT2D eigenvalue weighted by Crippen LogP contribution is -2.49. The molecule has 3 rings (SSSR count). The van der Waals surface area contributed by atoms with Crippen LogP contribution < -0.4 is 10.1 Å². The zero-order valence-electron chi connectivity index (χ0n) is 17.8. The molecule has 2 atom stereocenters. The number of methoxy groups -OCH3 is 1. The fourth-order valence-electron chi connectivity index (χ4n) is 3.42. The van der Waals surface area contributed by atoms with E-state index in [1.165, 1.54) is 13.2 Å². The highest BCUT2D eigenvalue weighted by Crippen LogP contribution is 2.40. The Bertz CT molecular complexity index is 838. The molecular weight excluding hydrogens is 373 g/mol. The first-order chi connectivity index (χ1) is 13.1. The van der Waals surface area contributed by atoms with Crippen molar-refractivity contribution in [1.82, 2.24) is 9.97 Å². The Morgan fingerprint density at radius 3 is 2.57 bits per heavy atom. The number of anilines is 1. The van der Waals surface area contributed by atoms with Gasteiger partial charge in [-0.25, -0.2) is 14.4 Å². The number of halogens is 1. The second kappa shape index (κ2) is 7.95. The van der Waals surface area contributed by atoms with E-state index in [0.717, 1.165) is 25.7 Å². The van der Waals surface area contributed by atoms with Gasteiger partial charge >= 0.3 is 0 Å². The maximum absolute atomic E-state index is 14.8. The SMILES string of the molecule is COc1cnc2ccc(F)c(N[C@H]3CCCC[C@@H]3O[Si](C)(C)C(C)(C)C)c2n1. The number of benzene rings is 1. The second-order valence-electron chi connectivity index (χ2n) is 9.15. The van der Waals surface area contributed by atoms with Crippen LogP contribution in [-0.4, -0.2) is 37.5 Å². The van der Waals surface area contributed by atoms with Crippen LogP contribution in [0.3, 0.4) is 0 Å². The molecule has 28 heavy (non-hydrogen) atoms. The standard InChI is InChI=1S/C21H32FN3O2Si/c1-21(2,3)28(5,6)27-17-10-8-7-9-15(17)24-19-14(22)11-12-16-20(19)25-18(26-4)13-23-16/h11-13,15,17,24H,7-10H2,1-6H3/t15-,17-/m0/s1. The molecule has 1 aromatic heterocycles. The van der Waals surface area contributed by atoms with Crippen LogP contribution in [0.5, 0.6) is 5.88 Å². The first-order valence-electron chi connectivity index (χ1n) is 10.1. The highest BCUT2D eigenvalue weighted by Gasteiger charge is 2.41. The Balaban J connectivity index is 1.91. The summed E-state index contributed by atoms with van der Waals surface area (Å²) in [7, 11) is -0.381. The van der Waals surface area contributed by atoms with Gasteiger partial charge in [0.2, 0.25) is 5.88 Å². The third-order valence-corrected chi connectivity index (χ3v) is 10.6. The summed E-state index contributed by atoms with van der Waals surface area (Å²) in [4.78, 5) is 8.78. The predicted octanol–water partition coefficient (Wildman–Crippen LogP) is 5.52. The van der Waals surface area contributed by atoms with Gasteiger partial charge in [0.25, 0.3) is 0 Å². The minimum Gasteiger partial charge on any atom is -0.480 e. The van der Waals surface area contributed by atoms with E-state index < -0.39 is 8.32 Å². The molecule has 0 radical (unpaired) electrons. The van der Waals surface area contributed by atoms with Crippen molar-refractivity contribution in [3.63, 3.8) is 0 Å². The van der Waals surface area contributed by atoms with E-state index in [0.29, 0.717) is 22.6 Å². The Labute approximate surface area is 168 Å². The minimum absolute atomic E-state index is 0.0518. The van der Waals surface area contributed by atoms with E-state index in [9.17, 15) is 4.39 Å². The van der Waals surface area contributed by atoms with Gasteiger partial charge in [0.1, 0.15) is 11.3 Å². The highest BCUT2D eigenvalue weighted by atomic mass is 28.4. The molecule has 1 fully saturated rings. The largest absolute Gasteiger partial charge is 0.480 e. The molecule has 5 nitrogen and oxygen atoms in total. The maximum atomic E-state index is 14.8. The lowest BCUT2D eigenvalue weighted by atomic mass is 9.92. The average molecular weight is 406 g/mol. The molecule has 0 saturated heterocycles. The summed E-state index contributed by atoms with van der Waals surface area (Å²) in [5.41, 5.74) is 1.53. The lowest BCUT2D eigenvalue weighted by Gasteiger charge is -2.43. The van der Waals surface area contributed by atoms with E-state index in [1.54, 1.807) is 12.3 Å². The predicted molar refractivity (Wildman–Crippen MR) is 114 cm³/mol. The Hall–Kier alpha value is -1.73. The molecule has 1 heterocycles. The second-order valence-corrected chi connectivity index (χ2v) is 13.9. The van der Waals surface area contributed by atoms with Crippen LogP contribution in [0.4, 0.5) is 10.1 Å². The van der Waals surface area contributed by atoms with Crippen LogP contribution >= 0.6 is 0 Å². The number of nitrogens with one attached hydrogen (secondary N) is 1. The molecule has 1 aliphatic rings. The van der Waals surface area contributed by atoms with Gasteiger partial charge in [-0.2, -0.15) is 0 Å². The molecule has 1 aromatic carbocycles. The number of hydrogen-bond acceptors (Lipinski definition) is 5. The molecule has 0 unspecified atom stereocenters. The summed E-state index contributed by atoms with van der Waals surface area (Å²) in [6, 6.07) is 3.14. The monoisotopic (exact) mass is 405 g/mol. The van der Waals surface area contributed by atoms with Crippen molar-refractivity contribution in [3.8, 4) is 5.88 Å². The first-order valence-corrected chi connectivity index (χ1v) is 13.0. The fraction of sp³-hybridized carbons (Fsp3) is 0.619. The number of nitrogens with zero attached hydrogens (tertiary/aromatic N) is 2. The fourth-order valence-corrected chi connectivity index (χ4v) is 4.81. The lowest BCUT2D eigenvalue weighted by molar-refractivity contribution is 0.124. The van der Waals surface area contributed by atoms with Crippen molar-refractivity contribution in [2.45, 2.75) is 76.7 Å². The number of ether oxygens (including phenoxy) is 1. The van der Waals surface area contributed by atoms with Crippen molar-refractivity contribution in [2.24, 2.45) is 0 Å². The smallest absolute Gasteiger partial charge is 0.232 e. The molecule has 0 amide bonds. The van der Waals surface area contributed by atoms with E-state index >= 15 is 0 Å². The third-order valence-electron chi connectivity index (χ3n) is 6.14. The Kier molecular flexibility index (Phi) is 5.96. The topological polar surface area (TPSA) is 56.3 Å². The number of aromatic nitrogens is 2. The number of hydrogen-bond donors (Lipinski definition) is 1. The normalized spacial score (nSPS) is 21.0. The quantitative estimate of drug-likeness (QED) is 0.664. The first kappa shape index (κ1) is 21.0. The molecule has 0 aliphatic heterocycles. The molecular formula is C21H32FN3O2Si. The van der Waals surface area contributed by atoms with E-state index in [4.69, 9.17) is 9.16 Å². The van der Waals surface area contributed by atoms with Gasteiger partial charge in [-0.05, 0) is 43.1 Å². The highest BCUT2D eigenvalue weighted by molar-refractivity contribution is 6.74.